The lowest BCUT2D eigenvalue weighted by Crippen LogP contribution is -2.46. The van der Waals surface area contributed by atoms with Gasteiger partial charge in [0.15, 0.2) is 0 Å². The number of benzene rings is 1. The highest BCUT2D eigenvalue weighted by Crippen LogP contribution is 2.27. The first-order valence-corrected chi connectivity index (χ1v) is 7.03. The van der Waals surface area contributed by atoms with Gasteiger partial charge in [-0.15, -0.1) is 0 Å². The van der Waals surface area contributed by atoms with E-state index in [2.05, 4.69) is 10.6 Å². The van der Waals surface area contributed by atoms with Crippen molar-refractivity contribution in [1.82, 2.24) is 5.32 Å². The molecule has 1 aliphatic rings. The summed E-state index contributed by atoms with van der Waals surface area (Å²) in [4.78, 5) is 22.8. The number of aliphatic carboxylic acids is 1. The summed E-state index contributed by atoms with van der Waals surface area (Å²) in [5, 5.41) is 14.7. The van der Waals surface area contributed by atoms with E-state index in [0.717, 1.165) is 36.7 Å². The molecule has 1 fully saturated rings. The average molecular weight is 288 g/mol. The number of rotatable bonds is 4. The Morgan fingerprint density at radius 2 is 2.05 bits per heavy atom. The van der Waals surface area contributed by atoms with Crippen molar-refractivity contribution in [3.8, 4) is 0 Å². The molecule has 3 N–H and O–H groups in total. The quantitative estimate of drug-likeness (QED) is 0.741. The summed E-state index contributed by atoms with van der Waals surface area (Å²) in [6.45, 7) is 3.63. The molecule has 0 aromatic heterocycles. The van der Waals surface area contributed by atoms with Crippen molar-refractivity contribution in [1.29, 1.82) is 0 Å². The summed E-state index contributed by atoms with van der Waals surface area (Å²) in [7, 11) is 0. The lowest BCUT2D eigenvalue weighted by atomic mass is 9.82. The summed E-state index contributed by atoms with van der Waals surface area (Å²) in [6.07, 6.45) is 4.48. The van der Waals surface area contributed by atoms with Crippen LogP contribution in [0.15, 0.2) is 30.3 Å². The predicted molar refractivity (Wildman–Crippen MR) is 82.0 cm³/mol. The van der Waals surface area contributed by atoms with Crippen molar-refractivity contribution in [3.05, 3.63) is 35.9 Å². The molecule has 21 heavy (non-hydrogen) atoms. The van der Waals surface area contributed by atoms with Crippen LogP contribution in [0.25, 0.3) is 6.08 Å². The van der Waals surface area contributed by atoms with Gasteiger partial charge < -0.3 is 15.7 Å². The second kappa shape index (κ2) is 6.54. The van der Waals surface area contributed by atoms with E-state index in [1.807, 2.05) is 6.92 Å². The van der Waals surface area contributed by atoms with E-state index in [-0.39, 0.29) is 11.3 Å². The minimum Gasteiger partial charge on any atom is -0.478 e. The maximum Gasteiger partial charge on any atom is 0.328 e. The number of hydrogen-bond acceptors (Lipinski definition) is 3. The van der Waals surface area contributed by atoms with Crippen LogP contribution in [0.1, 0.15) is 25.3 Å². The predicted octanol–water partition coefficient (Wildman–Crippen LogP) is 2.11. The summed E-state index contributed by atoms with van der Waals surface area (Å²) in [5.41, 5.74) is 1.13. The van der Waals surface area contributed by atoms with Crippen molar-refractivity contribution in [2.24, 2.45) is 5.41 Å². The van der Waals surface area contributed by atoms with E-state index in [1.165, 1.54) is 6.08 Å². The van der Waals surface area contributed by atoms with Crippen molar-refractivity contribution in [3.63, 3.8) is 0 Å². The molecule has 0 radical (unpaired) electrons. The van der Waals surface area contributed by atoms with Gasteiger partial charge in [-0.2, -0.15) is 0 Å². The Bertz CT molecular complexity index is 543. The number of hydrogen-bond donors (Lipinski definition) is 3. The van der Waals surface area contributed by atoms with Gasteiger partial charge in [-0.25, -0.2) is 4.79 Å². The van der Waals surface area contributed by atoms with Crippen LogP contribution in [0.3, 0.4) is 0 Å². The zero-order valence-electron chi connectivity index (χ0n) is 12.1. The molecule has 1 aliphatic heterocycles. The van der Waals surface area contributed by atoms with Gasteiger partial charge >= 0.3 is 5.97 Å². The Labute approximate surface area is 124 Å². The Morgan fingerprint density at radius 1 is 1.33 bits per heavy atom. The molecule has 1 atom stereocenters. The molecule has 5 nitrogen and oxygen atoms in total. The first-order chi connectivity index (χ1) is 9.99. The van der Waals surface area contributed by atoms with Crippen LogP contribution in [-0.2, 0) is 9.59 Å². The van der Waals surface area contributed by atoms with Gasteiger partial charge in [-0.3, -0.25) is 4.79 Å². The Morgan fingerprint density at radius 3 is 2.62 bits per heavy atom. The maximum atomic E-state index is 12.3. The van der Waals surface area contributed by atoms with Crippen molar-refractivity contribution in [2.45, 2.75) is 19.8 Å². The minimum atomic E-state index is -0.981. The molecule has 2 rings (SSSR count). The van der Waals surface area contributed by atoms with Gasteiger partial charge in [0.2, 0.25) is 5.91 Å². The van der Waals surface area contributed by atoms with Crippen LogP contribution in [0.4, 0.5) is 5.69 Å². The lowest BCUT2D eigenvalue weighted by Gasteiger charge is -2.32. The first kappa shape index (κ1) is 15.3. The van der Waals surface area contributed by atoms with Crippen LogP contribution < -0.4 is 10.6 Å². The van der Waals surface area contributed by atoms with Gasteiger partial charge in [-0.05, 0) is 50.1 Å². The third-order valence-electron chi connectivity index (χ3n) is 3.73. The van der Waals surface area contributed by atoms with E-state index in [1.54, 1.807) is 24.3 Å². The van der Waals surface area contributed by atoms with Gasteiger partial charge in [0.1, 0.15) is 0 Å². The fourth-order valence-electron chi connectivity index (χ4n) is 2.38. The highest BCUT2D eigenvalue weighted by Gasteiger charge is 2.34. The number of amides is 1. The molecule has 0 bridgehead atoms. The third kappa shape index (κ3) is 4.16. The van der Waals surface area contributed by atoms with E-state index < -0.39 is 5.97 Å². The van der Waals surface area contributed by atoms with E-state index in [4.69, 9.17) is 5.11 Å². The zero-order chi connectivity index (χ0) is 15.3. The standard InChI is InChI=1S/C16H20N2O3/c1-16(9-2-10-17-11-16)15(21)18-13-6-3-12(4-7-13)5-8-14(19)20/h3-8,17H,2,9-11H2,1H3,(H,18,21)(H,19,20)/b8-5+. The molecule has 0 saturated carbocycles. The average Bonchev–Trinajstić information content (AvgIpc) is 2.47. The molecular formula is C16H20N2O3. The number of carboxylic acids is 1. The highest BCUT2D eigenvalue weighted by molar-refractivity contribution is 5.95. The Hall–Kier alpha value is -2.14. The Balaban J connectivity index is 1.99. The highest BCUT2D eigenvalue weighted by atomic mass is 16.4. The first-order valence-electron chi connectivity index (χ1n) is 7.03. The van der Waals surface area contributed by atoms with Crippen molar-refractivity contribution < 1.29 is 14.7 Å². The molecule has 1 heterocycles. The number of carbonyl (C=O) groups excluding carboxylic acids is 1. The maximum absolute atomic E-state index is 12.3. The molecule has 112 valence electrons. The largest absolute Gasteiger partial charge is 0.478 e. The van der Waals surface area contributed by atoms with Crippen LogP contribution in [0.5, 0.6) is 0 Å². The Kier molecular flexibility index (Phi) is 4.75. The molecule has 1 aromatic rings. The third-order valence-corrected chi connectivity index (χ3v) is 3.73. The number of carboxylic acid groups (broad SMARTS) is 1. The molecule has 0 aliphatic carbocycles. The fourth-order valence-corrected chi connectivity index (χ4v) is 2.38. The van der Waals surface area contributed by atoms with Crippen LogP contribution >= 0.6 is 0 Å². The second-order valence-electron chi connectivity index (χ2n) is 5.59. The van der Waals surface area contributed by atoms with Crippen LogP contribution in [-0.4, -0.2) is 30.1 Å². The van der Waals surface area contributed by atoms with Gasteiger partial charge in [0.05, 0.1) is 5.41 Å². The van der Waals surface area contributed by atoms with E-state index >= 15 is 0 Å². The van der Waals surface area contributed by atoms with Crippen LogP contribution in [0, 0.1) is 5.41 Å². The zero-order valence-corrected chi connectivity index (χ0v) is 12.1. The number of nitrogens with one attached hydrogen (secondary N) is 2. The summed E-state index contributed by atoms with van der Waals surface area (Å²) >= 11 is 0. The summed E-state index contributed by atoms with van der Waals surface area (Å²) in [6, 6.07) is 7.10. The topological polar surface area (TPSA) is 78.4 Å². The fraction of sp³-hybridized carbons (Fsp3) is 0.375. The van der Waals surface area contributed by atoms with Crippen molar-refractivity contribution >= 4 is 23.6 Å². The normalized spacial score (nSPS) is 22.1. The van der Waals surface area contributed by atoms with E-state index in [0.29, 0.717) is 6.54 Å². The lowest BCUT2D eigenvalue weighted by molar-refractivity contribution is -0.131. The van der Waals surface area contributed by atoms with Gasteiger partial charge in [-0.1, -0.05) is 12.1 Å². The monoisotopic (exact) mass is 288 g/mol. The second-order valence-corrected chi connectivity index (χ2v) is 5.59. The van der Waals surface area contributed by atoms with Gasteiger partial charge in [0, 0.05) is 18.3 Å². The van der Waals surface area contributed by atoms with Crippen LogP contribution in [0.2, 0.25) is 0 Å². The molecule has 0 spiro atoms. The molecule has 1 unspecified atom stereocenters. The molecule has 1 saturated heterocycles. The van der Waals surface area contributed by atoms with E-state index in [9.17, 15) is 9.59 Å². The summed E-state index contributed by atoms with van der Waals surface area (Å²) < 4.78 is 0. The molecule has 1 aromatic carbocycles. The minimum absolute atomic E-state index is 0.0172. The number of piperidine rings is 1. The smallest absolute Gasteiger partial charge is 0.328 e. The molecule has 5 heteroatoms. The summed E-state index contributed by atoms with van der Waals surface area (Å²) in [5.74, 6) is -0.964. The van der Waals surface area contributed by atoms with Crippen molar-refractivity contribution in [2.75, 3.05) is 18.4 Å². The number of carbonyl (C=O) groups is 2. The molecular weight excluding hydrogens is 268 g/mol. The SMILES string of the molecule is CC1(C(=O)Nc2ccc(/C=C/C(=O)O)cc2)CCCNC1. The van der Waals surface area contributed by atoms with Gasteiger partial charge in [0.25, 0.3) is 0 Å². The molecule has 1 amide bonds. The number of anilines is 1.